The quantitative estimate of drug-likeness (QED) is 0.373. The van der Waals surface area contributed by atoms with Crippen molar-refractivity contribution in [3.63, 3.8) is 0 Å². The maximum atomic E-state index is 9.75. The van der Waals surface area contributed by atoms with Gasteiger partial charge in [-0.05, 0) is 103 Å². The van der Waals surface area contributed by atoms with E-state index in [0.717, 1.165) is 17.5 Å². The Labute approximate surface area is 184 Å². The molecule has 0 bridgehead atoms. The standard InChI is InChI=1S/C29H28O2/c1-18-13-20(3)28(22-5-9-26(30)10-6-22)24(15-18)17-25-16-19(2)14-21(4)29(25)23-7-11-27(31)12-8-23/h5-16,30-31H,17H2,1-4H3. The van der Waals surface area contributed by atoms with Gasteiger partial charge in [0.05, 0.1) is 0 Å². The predicted molar refractivity (Wildman–Crippen MR) is 129 cm³/mol. The number of hydrogen-bond acceptors (Lipinski definition) is 2. The van der Waals surface area contributed by atoms with Crippen molar-refractivity contribution in [1.82, 2.24) is 0 Å². The molecule has 0 saturated carbocycles. The molecule has 2 heteroatoms. The molecule has 0 saturated heterocycles. The van der Waals surface area contributed by atoms with Crippen LogP contribution in [0.4, 0.5) is 0 Å². The Morgan fingerprint density at radius 2 is 0.871 bits per heavy atom. The second-order valence-electron chi connectivity index (χ2n) is 8.50. The van der Waals surface area contributed by atoms with E-state index in [2.05, 4.69) is 52.0 Å². The highest BCUT2D eigenvalue weighted by atomic mass is 16.3. The van der Waals surface area contributed by atoms with Gasteiger partial charge in [-0.15, -0.1) is 0 Å². The summed E-state index contributed by atoms with van der Waals surface area (Å²) in [5.41, 5.74) is 12.2. The first kappa shape index (κ1) is 20.7. The van der Waals surface area contributed by atoms with E-state index in [4.69, 9.17) is 0 Å². The van der Waals surface area contributed by atoms with Gasteiger partial charge in [0.1, 0.15) is 11.5 Å². The summed E-state index contributed by atoms with van der Waals surface area (Å²) < 4.78 is 0. The topological polar surface area (TPSA) is 40.5 Å². The Morgan fingerprint density at radius 3 is 1.23 bits per heavy atom. The lowest BCUT2D eigenvalue weighted by molar-refractivity contribution is 0.475. The summed E-state index contributed by atoms with van der Waals surface area (Å²) in [6.07, 6.45) is 0.803. The first-order chi connectivity index (χ1) is 14.8. The van der Waals surface area contributed by atoms with Gasteiger partial charge in [-0.2, -0.15) is 0 Å². The largest absolute Gasteiger partial charge is 0.508 e. The first-order valence-corrected chi connectivity index (χ1v) is 10.6. The molecule has 0 aromatic heterocycles. The van der Waals surface area contributed by atoms with E-state index in [9.17, 15) is 10.2 Å². The molecule has 2 nitrogen and oxygen atoms in total. The van der Waals surface area contributed by atoms with E-state index >= 15 is 0 Å². The highest BCUT2D eigenvalue weighted by Crippen LogP contribution is 2.36. The van der Waals surface area contributed by atoms with Gasteiger partial charge >= 0.3 is 0 Å². The Morgan fingerprint density at radius 1 is 0.516 bits per heavy atom. The Balaban J connectivity index is 1.89. The van der Waals surface area contributed by atoms with E-state index in [0.29, 0.717) is 0 Å². The molecule has 0 atom stereocenters. The van der Waals surface area contributed by atoms with Gasteiger partial charge in [-0.1, -0.05) is 59.7 Å². The van der Waals surface area contributed by atoms with Crippen LogP contribution in [0.1, 0.15) is 33.4 Å². The molecule has 0 aliphatic heterocycles. The van der Waals surface area contributed by atoms with Gasteiger partial charge in [0.15, 0.2) is 0 Å². The van der Waals surface area contributed by atoms with Crippen LogP contribution < -0.4 is 0 Å². The molecule has 0 heterocycles. The van der Waals surface area contributed by atoms with E-state index in [1.807, 2.05) is 24.3 Å². The van der Waals surface area contributed by atoms with Gasteiger partial charge < -0.3 is 10.2 Å². The minimum Gasteiger partial charge on any atom is -0.508 e. The van der Waals surface area contributed by atoms with Crippen LogP contribution in [0.5, 0.6) is 11.5 Å². The molecule has 0 aliphatic carbocycles. The van der Waals surface area contributed by atoms with Crippen LogP contribution in [0.15, 0.2) is 72.8 Å². The molecule has 0 spiro atoms. The number of aromatic hydroxyl groups is 2. The SMILES string of the molecule is Cc1cc(C)c(-c2ccc(O)cc2)c(Cc2cc(C)cc(C)c2-c2ccc(O)cc2)c1. The molecular weight excluding hydrogens is 380 g/mol. The zero-order valence-corrected chi connectivity index (χ0v) is 18.5. The first-order valence-electron chi connectivity index (χ1n) is 10.6. The fraction of sp³-hybridized carbons (Fsp3) is 0.172. The van der Waals surface area contributed by atoms with Gasteiger partial charge in [0.25, 0.3) is 0 Å². The average molecular weight is 409 g/mol. The van der Waals surface area contributed by atoms with Crippen molar-refractivity contribution in [2.75, 3.05) is 0 Å². The molecule has 156 valence electrons. The van der Waals surface area contributed by atoms with Crippen LogP contribution in [-0.4, -0.2) is 10.2 Å². The molecule has 0 unspecified atom stereocenters. The number of phenols is 2. The average Bonchev–Trinajstić information content (AvgIpc) is 2.69. The minimum absolute atomic E-state index is 0.277. The number of rotatable bonds is 4. The third-order valence-corrected chi connectivity index (χ3v) is 5.82. The lowest BCUT2D eigenvalue weighted by atomic mass is 9.85. The zero-order chi connectivity index (χ0) is 22.1. The van der Waals surface area contributed by atoms with Crippen molar-refractivity contribution in [1.29, 1.82) is 0 Å². The fourth-order valence-corrected chi connectivity index (χ4v) is 4.68. The molecule has 0 radical (unpaired) electrons. The molecule has 4 aromatic carbocycles. The number of aryl methyl sites for hydroxylation is 4. The summed E-state index contributed by atoms with van der Waals surface area (Å²) in [6.45, 7) is 8.58. The monoisotopic (exact) mass is 408 g/mol. The lowest BCUT2D eigenvalue weighted by Crippen LogP contribution is -2.00. The summed E-state index contributed by atoms with van der Waals surface area (Å²) >= 11 is 0. The molecule has 31 heavy (non-hydrogen) atoms. The van der Waals surface area contributed by atoms with Crippen molar-refractivity contribution < 1.29 is 10.2 Å². The highest BCUT2D eigenvalue weighted by molar-refractivity contribution is 5.76. The smallest absolute Gasteiger partial charge is 0.115 e. The lowest BCUT2D eigenvalue weighted by Gasteiger charge is -2.19. The molecule has 4 rings (SSSR count). The predicted octanol–water partition coefficient (Wildman–Crippen LogP) is 7.26. The van der Waals surface area contributed by atoms with Crippen molar-refractivity contribution in [2.45, 2.75) is 34.1 Å². The van der Waals surface area contributed by atoms with Gasteiger partial charge in [-0.25, -0.2) is 0 Å². The molecule has 2 N–H and O–H groups in total. The number of benzene rings is 4. The van der Waals surface area contributed by atoms with E-state index in [1.54, 1.807) is 24.3 Å². The molecule has 0 fully saturated rings. The van der Waals surface area contributed by atoms with Gasteiger partial charge in [0, 0.05) is 0 Å². The normalized spacial score (nSPS) is 11.0. The van der Waals surface area contributed by atoms with Crippen molar-refractivity contribution >= 4 is 0 Å². The Hall–Kier alpha value is -3.52. The highest BCUT2D eigenvalue weighted by Gasteiger charge is 2.15. The van der Waals surface area contributed by atoms with Crippen molar-refractivity contribution in [3.8, 4) is 33.8 Å². The van der Waals surface area contributed by atoms with Crippen LogP contribution in [0, 0.1) is 27.7 Å². The summed E-state index contributed by atoms with van der Waals surface area (Å²) in [4.78, 5) is 0. The summed E-state index contributed by atoms with van der Waals surface area (Å²) in [6, 6.07) is 23.9. The van der Waals surface area contributed by atoms with E-state index in [1.165, 1.54) is 44.5 Å². The minimum atomic E-state index is 0.277. The van der Waals surface area contributed by atoms with Gasteiger partial charge in [0.2, 0.25) is 0 Å². The Kier molecular flexibility index (Phi) is 5.56. The number of phenolic OH excluding ortho intramolecular Hbond substituents is 2. The summed E-state index contributed by atoms with van der Waals surface area (Å²) in [7, 11) is 0. The maximum Gasteiger partial charge on any atom is 0.115 e. The Bertz CT molecular complexity index is 1130. The van der Waals surface area contributed by atoms with Crippen molar-refractivity contribution in [3.05, 3.63) is 106 Å². The second-order valence-corrected chi connectivity index (χ2v) is 8.50. The van der Waals surface area contributed by atoms with Gasteiger partial charge in [-0.3, -0.25) is 0 Å². The van der Waals surface area contributed by atoms with Crippen molar-refractivity contribution in [2.24, 2.45) is 0 Å². The zero-order valence-electron chi connectivity index (χ0n) is 18.5. The third kappa shape index (κ3) is 4.34. The van der Waals surface area contributed by atoms with E-state index < -0.39 is 0 Å². The fourth-order valence-electron chi connectivity index (χ4n) is 4.68. The molecule has 0 aliphatic rings. The second kappa shape index (κ2) is 8.31. The third-order valence-electron chi connectivity index (χ3n) is 5.82. The van der Waals surface area contributed by atoms with Crippen LogP contribution in [0.2, 0.25) is 0 Å². The molecule has 4 aromatic rings. The molecular formula is C29H28O2. The van der Waals surface area contributed by atoms with E-state index in [-0.39, 0.29) is 11.5 Å². The van der Waals surface area contributed by atoms with Crippen LogP contribution in [-0.2, 0) is 6.42 Å². The summed E-state index contributed by atoms with van der Waals surface area (Å²) in [5, 5.41) is 19.5. The van der Waals surface area contributed by atoms with Crippen LogP contribution in [0.25, 0.3) is 22.3 Å². The maximum absolute atomic E-state index is 9.75. The molecule has 0 amide bonds. The van der Waals surface area contributed by atoms with Crippen LogP contribution >= 0.6 is 0 Å². The number of hydrogen-bond donors (Lipinski definition) is 2. The summed E-state index contributed by atoms with van der Waals surface area (Å²) in [5.74, 6) is 0.554. The van der Waals surface area contributed by atoms with Crippen LogP contribution in [0.3, 0.4) is 0 Å².